The van der Waals surface area contributed by atoms with E-state index >= 15 is 0 Å². The van der Waals surface area contributed by atoms with Crippen LogP contribution in [0.25, 0.3) is 15.5 Å². The molecule has 19 heavy (non-hydrogen) atoms. The van der Waals surface area contributed by atoms with Gasteiger partial charge in [0.25, 0.3) is 5.82 Å². The summed E-state index contributed by atoms with van der Waals surface area (Å²) < 4.78 is 39.7. The zero-order chi connectivity index (χ0) is 13.6. The third-order valence-electron chi connectivity index (χ3n) is 2.35. The molecule has 0 amide bonds. The lowest BCUT2D eigenvalue weighted by atomic mass is 10.2. The van der Waals surface area contributed by atoms with Crippen molar-refractivity contribution in [1.82, 2.24) is 19.8 Å². The first kappa shape index (κ1) is 12.8. The van der Waals surface area contributed by atoms with E-state index in [1.807, 2.05) is 18.2 Å². The van der Waals surface area contributed by atoms with Crippen molar-refractivity contribution >= 4 is 38.9 Å². The van der Waals surface area contributed by atoms with Crippen LogP contribution >= 0.6 is 33.9 Å². The van der Waals surface area contributed by atoms with Crippen LogP contribution < -0.4 is 0 Å². The molecule has 0 saturated carbocycles. The van der Waals surface area contributed by atoms with Crippen LogP contribution in [0.2, 0.25) is 0 Å². The number of fused-ring (bicyclic) bond motifs is 1. The molecule has 98 valence electrons. The van der Waals surface area contributed by atoms with E-state index in [2.05, 4.69) is 37.9 Å². The summed E-state index contributed by atoms with van der Waals surface area (Å²) in [5, 5.41) is 11.1. The zero-order valence-corrected chi connectivity index (χ0v) is 12.0. The molecule has 0 aliphatic rings. The number of aromatic nitrogens is 4. The van der Waals surface area contributed by atoms with Crippen LogP contribution in [0.1, 0.15) is 5.82 Å². The van der Waals surface area contributed by atoms with Gasteiger partial charge in [0.05, 0.1) is 0 Å². The molecule has 3 aromatic rings. The molecule has 4 nitrogen and oxygen atoms in total. The Labute approximate surface area is 122 Å². The maximum Gasteiger partial charge on any atom is 0.453 e. The summed E-state index contributed by atoms with van der Waals surface area (Å²) in [7, 11) is 0. The molecule has 2 aromatic heterocycles. The maximum absolute atomic E-state index is 12.7. The van der Waals surface area contributed by atoms with Gasteiger partial charge in [-0.1, -0.05) is 29.5 Å². The first-order valence-corrected chi connectivity index (χ1v) is 6.90. The fraction of sp³-hybridized carbons (Fsp3) is 0.100. The van der Waals surface area contributed by atoms with Gasteiger partial charge in [-0.3, -0.25) is 0 Å². The van der Waals surface area contributed by atoms with Crippen molar-refractivity contribution in [3.8, 4) is 10.6 Å². The van der Waals surface area contributed by atoms with E-state index in [-0.39, 0.29) is 4.96 Å². The highest BCUT2D eigenvalue weighted by atomic mass is 127. The number of halogens is 4. The Morgan fingerprint density at radius 1 is 1.16 bits per heavy atom. The Hall–Kier alpha value is -1.23. The highest BCUT2D eigenvalue weighted by molar-refractivity contribution is 14.1. The molecule has 3 rings (SSSR count). The lowest BCUT2D eigenvalue weighted by Gasteiger charge is -2.01. The number of rotatable bonds is 1. The van der Waals surface area contributed by atoms with Crippen molar-refractivity contribution < 1.29 is 13.2 Å². The predicted octanol–water partition coefficient (Wildman–Crippen LogP) is 3.48. The number of nitrogens with zero attached hydrogens (tertiary/aromatic N) is 4. The number of benzene rings is 1. The number of hydrogen-bond acceptors (Lipinski definition) is 4. The zero-order valence-electron chi connectivity index (χ0n) is 9.02. The topological polar surface area (TPSA) is 43.1 Å². The summed E-state index contributed by atoms with van der Waals surface area (Å²) >= 11 is 3.19. The van der Waals surface area contributed by atoms with Crippen LogP contribution in [0.3, 0.4) is 0 Å². The predicted molar refractivity (Wildman–Crippen MR) is 71.8 cm³/mol. The molecule has 0 bridgehead atoms. The molecular weight excluding hydrogens is 392 g/mol. The largest absolute Gasteiger partial charge is 0.453 e. The fourth-order valence-electron chi connectivity index (χ4n) is 1.54. The highest BCUT2D eigenvalue weighted by Gasteiger charge is 2.38. The molecule has 0 atom stereocenters. The normalized spacial score (nSPS) is 12.2. The SMILES string of the molecule is FC(F)(F)c1nnc2sc(-c3ccccc3I)nn12. The standard InChI is InChI=1S/C10H4F3IN4S/c11-10(12,13)8-15-16-9-18(8)17-7(19-9)5-3-1-2-4-6(5)14/h1-4H. The minimum atomic E-state index is -4.56. The van der Waals surface area contributed by atoms with Gasteiger partial charge in [-0.2, -0.15) is 22.8 Å². The molecule has 0 aliphatic carbocycles. The molecule has 0 spiro atoms. The Kier molecular flexibility index (Phi) is 2.96. The summed E-state index contributed by atoms with van der Waals surface area (Å²) in [5.41, 5.74) is 0.784. The summed E-state index contributed by atoms with van der Waals surface area (Å²) in [6.45, 7) is 0. The van der Waals surface area contributed by atoms with Crippen LogP contribution in [0.4, 0.5) is 13.2 Å². The van der Waals surface area contributed by atoms with Gasteiger partial charge in [0, 0.05) is 9.13 Å². The van der Waals surface area contributed by atoms with Crippen molar-refractivity contribution in [2.45, 2.75) is 6.18 Å². The third-order valence-corrected chi connectivity index (χ3v) is 4.22. The van der Waals surface area contributed by atoms with Gasteiger partial charge in [0.1, 0.15) is 5.01 Å². The van der Waals surface area contributed by atoms with Gasteiger partial charge in [0.2, 0.25) is 4.96 Å². The van der Waals surface area contributed by atoms with E-state index in [0.29, 0.717) is 5.01 Å². The van der Waals surface area contributed by atoms with Crippen LogP contribution in [0, 0.1) is 3.57 Å². The summed E-state index contributed by atoms with van der Waals surface area (Å²) in [6.07, 6.45) is -4.56. The van der Waals surface area contributed by atoms with E-state index in [1.165, 1.54) is 0 Å². The van der Waals surface area contributed by atoms with Crippen LogP contribution in [-0.2, 0) is 6.18 Å². The van der Waals surface area contributed by atoms with Gasteiger partial charge in [-0.05, 0) is 28.7 Å². The number of hydrogen-bond donors (Lipinski definition) is 0. The van der Waals surface area contributed by atoms with E-state index < -0.39 is 12.0 Å². The lowest BCUT2D eigenvalue weighted by molar-refractivity contribution is -0.146. The third kappa shape index (κ3) is 2.20. The van der Waals surface area contributed by atoms with Crippen molar-refractivity contribution in [2.75, 3.05) is 0 Å². The first-order valence-electron chi connectivity index (χ1n) is 5.01. The van der Waals surface area contributed by atoms with Crippen LogP contribution in [-0.4, -0.2) is 19.8 Å². The second kappa shape index (κ2) is 4.40. The van der Waals surface area contributed by atoms with Gasteiger partial charge < -0.3 is 0 Å². The summed E-state index contributed by atoms with van der Waals surface area (Å²) in [6, 6.07) is 7.33. The molecule has 0 N–H and O–H groups in total. The maximum atomic E-state index is 12.7. The van der Waals surface area contributed by atoms with Gasteiger partial charge in [0.15, 0.2) is 0 Å². The second-order valence-corrected chi connectivity index (χ2v) is 5.72. The molecule has 0 radical (unpaired) electrons. The van der Waals surface area contributed by atoms with Gasteiger partial charge in [-0.25, -0.2) is 0 Å². The molecule has 0 fully saturated rings. The average Bonchev–Trinajstić information content (AvgIpc) is 2.86. The quantitative estimate of drug-likeness (QED) is 0.592. The molecule has 9 heteroatoms. The molecule has 0 saturated heterocycles. The van der Waals surface area contributed by atoms with Crippen molar-refractivity contribution in [2.24, 2.45) is 0 Å². The van der Waals surface area contributed by atoms with E-state index in [9.17, 15) is 13.2 Å². The lowest BCUT2D eigenvalue weighted by Crippen LogP contribution is -2.11. The monoisotopic (exact) mass is 396 g/mol. The Morgan fingerprint density at radius 2 is 1.89 bits per heavy atom. The fourth-order valence-corrected chi connectivity index (χ4v) is 3.24. The van der Waals surface area contributed by atoms with E-state index in [1.54, 1.807) is 6.07 Å². The Bertz CT molecular complexity index is 749. The molecule has 2 heterocycles. The van der Waals surface area contributed by atoms with Crippen molar-refractivity contribution in [3.05, 3.63) is 33.7 Å². The summed E-state index contributed by atoms with van der Waals surface area (Å²) in [4.78, 5) is 0.127. The molecule has 0 unspecified atom stereocenters. The van der Waals surface area contributed by atoms with E-state index in [0.717, 1.165) is 25.0 Å². The molecule has 1 aromatic carbocycles. The molecular formula is C10H4F3IN4S. The molecule has 0 aliphatic heterocycles. The smallest absolute Gasteiger partial charge is 0.178 e. The van der Waals surface area contributed by atoms with Crippen LogP contribution in [0.5, 0.6) is 0 Å². The first-order chi connectivity index (χ1) is 8.97. The Balaban J connectivity index is 2.18. The number of alkyl halides is 3. The summed E-state index contributed by atoms with van der Waals surface area (Å²) in [5.74, 6) is -1.10. The Morgan fingerprint density at radius 3 is 2.58 bits per heavy atom. The highest BCUT2D eigenvalue weighted by Crippen LogP contribution is 2.33. The van der Waals surface area contributed by atoms with Crippen molar-refractivity contribution in [3.63, 3.8) is 0 Å². The van der Waals surface area contributed by atoms with Crippen LogP contribution in [0.15, 0.2) is 24.3 Å². The van der Waals surface area contributed by atoms with Gasteiger partial charge in [-0.15, -0.1) is 10.2 Å². The minimum Gasteiger partial charge on any atom is -0.178 e. The minimum absolute atomic E-state index is 0.127. The van der Waals surface area contributed by atoms with Crippen molar-refractivity contribution in [1.29, 1.82) is 0 Å². The average molecular weight is 396 g/mol. The van der Waals surface area contributed by atoms with E-state index in [4.69, 9.17) is 0 Å². The second-order valence-electron chi connectivity index (χ2n) is 3.60. The van der Waals surface area contributed by atoms with Gasteiger partial charge >= 0.3 is 6.18 Å².